The quantitative estimate of drug-likeness (QED) is 0.748. The summed E-state index contributed by atoms with van der Waals surface area (Å²) in [7, 11) is 0. The number of rotatable bonds is 7. The van der Waals surface area contributed by atoms with Crippen LogP contribution in [0.25, 0.3) is 0 Å². The SMILES string of the molecule is C=CC(C)(C)Oc1ccc(NC(=O)CCCC)cc1. The molecule has 0 saturated heterocycles. The van der Waals surface area contributed by atoms with Crippen molar-refractivity contribution < 1.29 is 9.53 Å². The molecular weight excluding hydrogens is 238 g/mol. The van der Waals surface area contributed by atoms with Gasteiger partial charge in [-0.3, -0.25) is 4.79 Å². The van der Waals surface area contributed by atoms with Gasteiger partial charge in [0.2, 0.25) is 5.91 Å². The number of unbranched alkanes of at least 4 members (excludes halogenated alkanes) is 1. The van der Waals surface area contributed by atoms with E-state index in [1.807, 2.05) is 38.1 Å². The largest absolute Gasteiger partial charge is 0.484 e. The molecule has 0 radical (unpaired) electrons. The number of ether oxygens (including phenoxy) is 1. The Morgan fingerprint density at radius 2 is 2.00 bits per heavy atom. The molecule has 1 aromatic carbocycles. The zero-order chi connectivity index (χ0) is 14.3. The fourth-order valence-electron chi connectivity index (χ4n) is 1.51. The van der Waals surface area contributed by atoms with E-state index in [2.05, 4.69) is 18.8 Å². The van der Waals surface area contributed by atoms with Crippen molar-refractivity contribution in [2.45, 2.75) is 45.6 Å². The van der Waals surface area contributed by atoms with Gasteiger partial charge < -0.3 is 10.1 Å². The molecule has 0 aromatic heterocycles. The topological polar surface area (TPSA) is 38.3 Å². The lowest BCUT2D eigenvalue weighted by atomic mass is 10.1. The minimum absolute atomic E-state index is 0.0574. The molecule has 1 aromatic rings. The Morgan fingerprint density at radius 3 is 2.53 bits per heavy atom. The second-order valence-corrected chi connectivity index (χ2v) is 5.09. The van der Waals surface area contributed by atoms with Crippen molar-refractivity contribution >= 4 is 11.6 Å². The van der Waals surface area contributed by atoms with Crippen molar-refractivity contribution in [3.05, 3.63) is 36.9 Å². The maximum Gasteiger partial charge on any atom is 0.224 e. The Morgan fingerprint density at radius 1 is 1.37 bits per heavy atom. The zero-order valence-corrected chi connectivity index (χ0v) is 12.0. The summed E-state index contributed by atoms with van der Waals surface area (Å²) in [6, 6.07) is 7.39. The summed E-state index contributed by atoms with van der Waals surface area (Å²) in [6.07, 6.45) is 4.27. The first-order chi connectivity index (χ1) is 8.96. The van der Waals surface area contributed by atoms with Gasteiger partial charge in [0.05, 0.1) is 0 Å². The number of hydrogen-bond acceptors (Lipinski definition) is 2. The molecule has 3 nitrogen and oxygen atoms in total. The molecule has 0 atom stereocenters. The van der Waals surface area contributed by atoms with Crippen molar-refractivity contribution in [2.75, 3.05) is 5.32 Å². The van der Waals surface area contributed by atoms with Gasteiger partial charge in [0.15, 0.2) is 0 Å². The molecule has 3 heteroatoms. The van der Waals surface area contributed by atoms with Crippen LogP contribution in [0.3, 0.4) is 0 Å². The van der Waals surface area contributed by atoms with Crippen LogP contribution in [0.1, 0.15) is 40.0 Å². The third-order valence-electron chi connectivity index (χ3n) is 2.77. The highest BCUT2D eigenvalue weighted by Crippen LogP contribution is 2.21. The van der Waals surface area contributed by atoms with E-state index in [0.717, 1.165) is 24.3 Å². The summed E-state index contributed by atoms with van der Waals surface area (Å²) in [5.74, 6) is 0.818. The Hall–Kier alpha value is -1.77. The molecule has 0 aliphatic heterocycles. The fourth-order valence-corrected chi connectivity index (χ4v) is 1.51. The van der Waals surface area contributed by atoms with Gasteiger partial charge in [-0.1, -0.05) is 19.9 Å². The molecule has 0 unspecified atom stereocenters. The first-order valence-corrected chi connectivity index (χ1v) is 6.69. The smallest absolute Gasteiger partial charge is 0.224 e. The molecule has 0 aliphatic rings. The highest BCUT2D eigenvalue weighted by molar-refractivity contribution is 5.90. The van der Waals surface area contributed by atoms with Gasteiger partial charge in [0.1, 0.15) is 11.4 Å². The van der Waals surface area contributed by atoms with Crippen LogP contribution in [0.2, 0.25) is 0 Å². The summed E-state index contributed by atoms with van der Waals surface area (Å²) < 4.78 is 5.75. The molecule has 0 heterocycles. The number of carbonyl (C=O) groups is 1. The molecule has 104 valence electrons. The monoisotopic (exact) mass is 261 g/mol. The summed E-state index contributed by atoms with van der Waals surface area (Å²) in [4.78, 5) is 11.6. The van der Waals surface area contributed by atoms with Gasteiger partial charge in [0.25, 0.3) is 0 Å². The van der Waals surface area contributed by atoms with Crippen molar-refractivity contribution in [2.24, 2.45) is 0 Å². The average molecular weight is 261 g/mol. The predicted molar refractivity (Wildman–Crippen MR) is 79.5 cm³/mol. The lowest BCUT2D eigenvalue weighted by Crippen LogP contribution is -2.24. The molecule has 19 heavy (non-hydrogen) atoms. The number of hydrogen-bond donors (Lipinski definition) is 1. The highest BCUT2D eigenvalue weighted by atomic mass is 16.5. The van der Waals surface area contributed by atoms with E-state index in [1.54, 1.807) is 6.08 Å². The van der Waals surface area contributed by atoms with Gasteiger partial charge in [-0.05, 0) is 50.6 Å². The van der Waals surface area contributed by atoms with E-state index in [0.29, 0.717) is 6.42 Å². The van der Waals surface area contributed by atoms with E-state index in [9.17, 15) is 4.79 Å². The Balaban J connectivity index is 2.56. The molecule has 1 N–H and O–H groups in total. The second kappa shape index (κ2) is 6.98. The van der Waals surface area contributed by atoms with Crippen LogP contribution in [0.4, 0.5) is 5.69 Å². The van der Waals surface area contributed by atoms with Crippen molar-refractivity contribution in [1.29, 1.82) is 0 Å². The number of nitrogens with one attached hydrogen (secondary N) is 1. The van der Waals surface area contributed by atoms with E-state index in [4.69, 9.17) is 4.74 Å². The van der Waals surface area contributed by atoms with Crippen LogP contribution in [0.5, 0.6) is 5.75 Å². The number of amides is 1. The van der Waals surface area contributed by atoms with Crippen molar-refractivity contribution in [1.82, 2.24) is 0 Å². The van der Waals surface area contributed by atoms with Gasteiger partial charge in [-0.25, -0.2) is 0 Å². The maximum absolute atomic E-state index is 11.6. The van der Waals surface area contributed by atoms with Gasteiger partial charge in [-0.2, -0.15) is 0 Å². The van der Waals surface area contributed by atoms with Crippen molar-refractivity contribution in [3.63, 3.8) is 0 Å². The molecule has 1 rings (SSSR count). The van der Waals surface area contributed by atoms with Crippen molar-refractivity contribution in [3.8, 4) is 5.75 Å². The van der Waals surface area contributed by atoms with Crippen LogP contribution in [0.15, 0.2) is 36.9 Å². The molecule has 0 saturated carbocycles. The molecular formula is C16H23NO2. The number of anilines is 1. The minimum atomic E-state index is -0.397. The lowest BCUT2D eigenvalue weighted by molar-refractivity contribution is -0.116. The normalized spacial score (nSPS) is 10.9. The summed E-state index contributed by atoms with van der Waals surface area (Å²) in [5.41, 5.74) is 0.399. The van der Waals surface area contributed by atoms with E-state index in [-0.39, 0.29) is 5.91 Å². The van der Waals surface area contributed by atoms with Gasteiger partial charge in [0, 0.05) is 12.1 Å². The highest BCUT2D eigenvalue weighted by Gasteiger charge is 2.14. The third kappa shape index (κ3) is 5.60. The molecule has 0 bridgehead atoms. The molecule has 1 amide bonds. The Kier molecular flexibility index (Phi) is 5.61. The van der Waals surface area contributed by atoms with E-state index in [1.165, 1.54) is 0 Å². The molecule has 0 aliphatic carbocycles. The number of carbonyl (C=O) groups excluding carboxylic acids is 1. The number of benzene rings is 1. The first kappa shape index (κ1) is 15.3. The fraction of sp³-hybridized carbons (Fsp3) is 0.438. The van der Waals surface area contributed by atoms with Crippen LogP contribution in [-0.2, 0) is 4.79 Å². The van der Waals surface area contributed by atoms with Gasteiger partial charge >= 0.3 is 0 Å². The zero-order valence-electron chi connectivity index (χ0n) is 12.0. The second-order valence-electron chi connectivity index (χ2n) is 5.09. The van der Waals surface area contributed by atoms with Crippen LogP contribution < -0.4 is 10.1 Å². The van der Waals surface area contributed by atoms with Gasteiger partial charge in [-0.15, -0.1) is 0 Å². The standard InChI is InChI=1S/C16H23NO2/c1-5-7-8-15(18)17-13-9-11-14(12-10-13)19-16(3,4)6-2/h6,9-12H,2,5,7-8H2,1,3-4H3,(H,17,18). The van der Waals surface area contributed by atoms with Crippen LogP contribution >= 0.6 is 0 Å². The maximum atomic E-state index is 11.6. The first-order valence-electron chi connectivity index (χ1n) is 6.69. The van der Waals surface area contributed by atoms with E-state index >= 15 is 0 Å². The predicted octanol–water partition coefficient (Wildman–Crippen LogP) is 4.16. The minimum Gasteiger partial charge on any atom is -0.484 e. The van der Waals surface area contributed by atoms with Crippen LogP contribution in [0, 0.1) is 0 Å². The van der Waals surface area contributed by atoms with E-state index < -0.39 is 5.60 Å². The summed E-state index contributed by atoms with van der Waals surface area (Å²) in [6.45, 7) is 9.69. The lowest BCUT2D eigenvalue weighted by Gasteiger charge is -2.22. The average Bonchev–Trinajstić information content (AvgIpc) is 2.38. The van der Waals surface area contributed by atoms with Crippen LogP contribution in [-0.4, -0.2) is 11.5 Å². The third-order valence-corrected chi connectivity index (χ3v) is 2.77. The Bertz CT molecular complexity index is 421. The summed E-state index contributed by atoms with van der Waals surface area (Å²) >= 11 is 0. The summed E-state index contributed by atoms with van der Waals surface area (Å²) in [5, 5.41) is 2.87. The molecule has 0 spiro atoms. The molecule has 0 fully saturated rings. The Labute approximate surface area is 115 Å².